The largest absolute Gasteiger partial charge is 0.106 e. The van der Waals surface area contributed by atoms with Gasteiger partial charge in [-0.05, 0) is 12.8 Å². The van der Waals surface area contributed by atoms with Crippen molar-refractivity contribution in [1.82, 2.24) is 0 Å². The number of thiocarbonyl (C=S) groups is 1. The lowest BCUT2D eigenvalue weighted by atomic mass is 9.97. The number of thioether (sulfide) groups is 2. The van der Waals surface area contributed by atoms with Crippen molar-refractivity contribution in [3.8, 4) is 0 Å². The molecule has 1 aliphatic rings. The lowest BCUT2D eigenvalue weighted by Crippen LogP contribution is -2.24. The summed E-state index contributed by atoms with van der Waals surface area (Å²) in [6.07, 6.45) is 8.07. The molecule has 0 aromatic rings. The fourth-order valence-electron chi connectivity index (χ4n) is 1.80. The molecule has 1 rings (SSSR count). The summed E-state index contributed by atoms with van der Waals surface area (Å²) in [7, 11) is 0. The van der Waals surface area contributed by atoms with Crippen molar-refractivity contribution in [2.24, 2.45) is 0 Å². The Kier molecular flexibility index (Phi) is 5.87. The molecule has 82 valence electrons. The highest BCUT2D eigenvalue weighted by atomic mass is 32.2. The van der Waals surface area contributed by atoms with E-state index in [9.17, 15) is 0 Å². The van der Waals surface area contributed by atoms with Crippen LogP contribution in [0.5, 0.6) is 0 Å². The molecule has 1 saturated heterocycles. The second-order valence-corrected chi connectivity index (χ2v) is 7.68. The summed E-state index contributed by atoms with van der Waals surface area (Å²) < 4.78 is 1.69. The number of unbranched alkanes of at least 4 members (excludes halogenated alkanes) is 2. The Balaban J connectivity index is 2.46. The van der Waals surface area contributed by atoms with Gasteiger partial charge in [-0.3, -0.25) is 0 Å². The predicted octanol–water partition coefficient (Wildman–Crippen LogP) is 4.87. The topological polar surface area (TPSA) is 0 Å². The van der Waals surface area contributed by atoms with Crippen molar-refractivity contribution in [3.63, 3.8) is 0 Å². The van der Waals surface area contributed by atoms with Crippen LogP contribution in [0.1, 0.15) is 52.4 Å². The maximum atomic E-state index is 5.29. The van der Waals surface area contributed by atoms with Crippen molar-refractivity contribution in [1.29, 1.82) is 0 Å². The number of hydrogen-bond donors (Lipinski definition) is 0. The molecule has 0 bridgehead atoms. The maximum Gasteiger partial charge on any atom is 0.104 e. The molecule has 14 heavy (non-hydrogen) atoms. The zero-order valence-corrected chi connectivity index (χ0v) is 11.6. The van der Waals surface area contributed by atoms with Crippen LogP contribution in [0.3, 0.4) is 0 Å². The Morgan fingerprint density at radius 2 is 1.79 bits per heavy atom. The van der Waals surface area contributed by atoms with E-state index in [2.05, 4.69) is 13.8 Å². The van der Waals surface area contributed by atoms with Gasteiger partial charge in [-0.1, -0.05) is 51.7 Å². The first-order valence-electron chi connectivity index (χ1n) is 5.58. The van der Waals surface area contributed by atoms with Crippen LogP contribution in [-0.2, 0) is 0 Å². The standard InChI is InChI=1S/C11H20S3/c1-3-5-7-11(8-6-4-2)9-13-10(12)14-11/h3-9H2,1-2H3. The van der Waals surface area contributed by atoms with Crippen molar-refractivity contribution in [2.45, 2.75) is 57.1 Å². The van der Waals surface area contributed by atoms with Crippen LogP contribution < -0.4 is 0 Å². The van der Waals surface area contributed by atoms with E-state index in [1.54, 1.807) is 0 Å². The first-order chi connectivity index (χ1) is 6.72. The van der Waals surface area contributed by atoms with E-state index in [0.717, 1.165) is 0 Å². The molecule has 0 atom stereocenters. The molecule has 0 nitrogen and oxygen atoms in total. The molecule has 1 heterocycles. The summed E-state index contributed by atoms with van der Waals surface area (Å²) in [6, 6.07) is 0. The molecular weight excluding hydrogens is 228 g/mol. The molecule has 0 saturated carbocycles. The van der Waals surface area contributed by atoms with Gasteiger partial charge in [-0.25, -0.2) is 0 Å². The quantitative estimate of drug-likeness (QED) is 0.615. The molecule has 0 amide bonds. The average Bonchev–Trinajstić information content (AvgIpc) is 2.55. The summed E-state index contributed by atoms with van der Waals surface area (Å²) in [5.41, 5.74) is 0. The summed E-state index contributed by atoms with van der Waals surface area (Å²) >= 11 is 9.18. The highest BCUT2D eigenvalue weighted by molar-refractivity contribution is 8.49. The van der Waals surface area contributed by atoms with Crippen LogP contribution in [0.4, 0.5) is 0 Å². The average molecular weight is 248 g/mol. The summed E-state index contributed by atoms with van der Waals surface area (Å²) in [5, 5.41) is 0. The molecule has 1 aliphatic heterocycles. The van der Waals surface area contributed by atoms with Gasteiger partial charge in [0.05, 0.1) is 0 Å². The van der Waals surface area contributed by atoms with E-state index in [1.807, 2.05) is 23.5 Å². The molecule has 0 spiro atoms. The molecule has 3 heteroatoms. The molecule has 0 aliphatic carbocycles. The highest BCUT2D eigenvalue weighted by Crippen LogP contribution is 2.48. The minimum Gasteiger partial charge on any atom is -0.106 e. The van der Waals surface area contributed by atoms with Gasteiger partial charge >= 0.3 is 0 Å². The second-order valence-electron chi connectivity index (χ2n) is 4.03. The van der Waals surface area contributed by atoms with Crippen molar-refractivity contribution in [2.75, 3.05) is 5.75 Å². The first-order valence-corrected chi connectivity index (χ1v) is 7.79. The maximum absolute atomic E-state index is 5.29. The van der Waals surface area contributed by atoms with Gasteiger partial charge in [0, 0.05) is 10.5 Å². The third-order valence-electron chi connectivity index (χ3n) is 2.72. The van der Waals surface area contributed by atoms with Crippen LogP contribution in [0, 0.1) is 0 Å². The van der Waals surface area contributed by atoms with Gasteiger partial charge in [0.1, 0.15) is 3.53 Å². The van der Waals surface area contributed by atoms with E-state index in [4.69, 9.17) is 12.2 Å². The summed E-state index contributed by atoms with van der Waals surface area (Å²) in [4.78, 5) is 0. The second kappa shape index (κ2) is 6.39. The SMILES string of the molecule is CCCCC1(CCCC)CSC(=S)S1. The molecule has 1 fully saturated rings. The van der Waals surface area contributed by atoms with E-state index in [-0.39, 0.29) is 0 Å². The summed E-state index contributed by atoms with van der Waals surface area (Å²) in [5.74, 6) is 1.26. The number of rotatable bonds is 6. The zero-order chi connectivity index (χ0) is 10.4. The smallest absolute Gasteiger partial charge is 0.104 e. The van der Waals surface area contributed by atoms with Gasteiger partial charge < -0.3 is 0 Å². The van der Waals surface area contributed by atoms with E-state index >= 15 is 0 Å². The Bertz CT molecular complexity index is 181. The minimum absolute atomic E-state index is 0.508. The minimum atomic E-state index is 0.508. The molecule has 0 N–H and O–H groups in total. The number of hydrogen-bond acceptors (Lipinski definition) is 3. The van der Waals surface area contributed by atoms with Gasteiger partial charge in [0.25, 0.3) is 0 Å². The van der Waals surface area contributed by atoms with Gasteiger partial charge in [-0.2, -0.15) is 0 Å². The highest BCUT2D eigenvalue weighted by Gasteiger charge is 2.36. The van der Waals surface area contributed by atoms with Gasteiger partial charge in [0.15, 0.2) is 0 Å². The molecule has 0 unspecified atom stereocenters. The molecule has 0 aromatic carbocycles. The van der Waals surface area contributed by atoms with Crippen LogP contribution >= 0.6 is 35.7 Å². The Morgan fingerprint density at radius 1 is 1.21 bits per heavy atom. The summed E-state index contributed by atoms with van der Waals surface area (Å²) in [6.45, 7) is 4.55. The Hall–Kier alpha value is 0.790. The molecule has 0 radical (unpaired) electrons. The van der Waals surface area contributed by atoms with Crippen molar-refractivity contribution >= 4 is 39.3 Å². The van der Waals surface area contributed by atoms with Crippen LogP contribution in [-0.4, -0.2) is 14.0 Å². The van der Waals surface area contributed by atoms with E-state index in [0.29, 0.717) is 4.75 Å². The Labute approximate surface area is 102 Å². The first kappa shape index (κ1) is 12.9. The van der Waals surface area contributed by atoms with Crippen LogP contribution in [0.25, 0.3) is 0 Å². The molecular formula is C11H20S3. The van der Waals surface area contributed by atoms with Crippen molar-refractivity contribution < 1.29 is 0 Å². The zero-order valence-electron chi connectivity index (χ0n) is 9.17. The van der Waals surface area contributed by atoms with E-state index in [1.165, 1.54) is 47.8 Å². The van der Waals surface area contributed by atoms with Gasteiger partial charge in [-0.15, -0.1) is 23.5 Å². The lowest BCUT2D eigenvalue weighted by molar-refractivity contribution is 0.507. The fraction of sp³-hybridized carbons (Fsp3) is 0.909. The van der Waals surface area contributed by atoms with Crippen molar-refractivity contribution in [3.05, 3.63) is 0 Å². The third-order valence-corrected chi connectivity index (χ3v) is 6.20. The van der Waals surface area contributed by atoms with Crippen LogP contribution in [0.15, 0.2) is 0 Å². The van der Waals surface area contributed by atoms with E-state index < -0.39 is 0 Å². The third kappa shape index (κ3) is 3.74. The lowest BCUT2D eigenvalue weighted by Gasteiger charge is -2.26. The van der Waals surface area contributed by atoms with Crippen LogP contribution in [0.2, 0.25) is 0 Å². The molecule has 0 aromatic heterocycles. The Morgan fingerprint density at radius 3 is 2.14 bits per heavy atom. The normalized spacial score (nSPS) is 20.3. The fourth-order valence-corrected chi connectivity index (χ4v) is 5.37. The monoisotopic (exact) mass is 248 g/mol. The predicted molar refractivity (Wildman–Crippen MR) is 74.4 cm³/mol. The van der Waals surface area contributed by atoms with Gasteiger partial charge in [0.2, 0.25) is 0 Å².